The van der Waals surface area contributed by atoms with E-state index in [0.717, 1.165) is 17.4 Å². The van der Waals surface area contributed by atoms with E-state index in [9.17, 15) is 9.90 Å². The lowest BCUT2D eigenvalue weighted by atomic mass is 9.80. The molecule has 0 aliphatic carbocycles. The molecule has 0 fully saturated rings. The minimum Gasteiger partial charge on any atom is -0.550 e. The van der Waals surface area contributed by atoms with Crippen molar-refractivity contribution < 1.29 is 14.4 Å². The molecule has 1 unspecified atom stereocenters. The maximum atomic E-state index is 11.3. The van der Waals surface area contributed by atoms with Gasteiger partial charge in [0.1, 0.15) is 0 Å². The third kappa shape index (κ3) is 7.00. The Morgan fingerprint density at radius 1 is 1.11 bits per heavy atom. The molecule has 108 valence electrons. The summed E-state index contributed by atoms with van der Waals surface area (Å²) >= 11 is 0. The first-order valence-electron chi connectivity index (χ1n) is 6.77. The maximum Gasteiger partial charge on any atom is 0.0869 e. The first-order chi connectivity index (χ1) is 7.75. The number of hydrogen-bond acceptors (Lipinski definition) is 2. The molecular weight excluding hydrogens is 226 g/mol. The van der Waals surface area contributed by atoms with E-state index in [2.05, 4.69) is 34.9 Å². The summed E-state index contributed by atoms with van der Waals surface area (Å²) in [6.45, 7) is 14.2. The van der Waals surface area contributed by atoms with Crippen LogP contribution in [0.5, 0.6) is 0 Å². The first-order valence-corrected chi connectivity index (χ1v) is 6.77. The average molecular weight is 257 g/mol. The van der Waals surface area contributed by atoms with Crippen LogP contribution in [-0.4, -0.2) is 37.6 Å². The molecule has 3 heteroatoms. The molecular formula is C15H31NO2. The zero-order valence-electron chi connectivity index (χ0n) is 13.5. The van der Waals surface area contributed by atoms with E-state index in [1.54, 1.807) is 0 Å². The number of carboxylic acid groups (broad SMARTS) is 1. The molecule has 0 bridgehead atoms. The van der Waals surface area contributed by atoms with Crippen LogP contribution in [0.15, 0.2) is 0 Å². The van der Waals surface area contributed by atoms with Gasteiger partial charge in [-0.3, -0.25) is 0 Å². The van der Waals surface area contributed by atoms with Crippen molar-refractivity contribution in [3.8, 4) is 0 Å². The highest BCUT2D eigenvalue weighted by Crippen LogP contribution is 2.28. The predicted molar refractivity (Wildman–Crippen MR) is 73.9 cm³/mol. The van der Waals surface area contributed by atoms with Crippen LogP contribution >= 0.6 is 0 Å². The molecule has 18 heavy (non-hydrogen) atoms. The largest absolute Gasteiger partial charge is 0.550 e. The molecule has 0 N–H and O–H groups in total. The number of hydrogen-bond donors (Lipinski definition) is 0. The Kier molecular flexibility index (Phi) is 5.42. The molecule has 3 nitrogen and oxygen atoms in total. The smallest absolute Gasteiger partial charge is 0.0869 e. The molecule has 0 aliphatic heterocycles. The van der Waals surface area contributed by atoms with Crippen molar-refractivity contribution in [2.75, 3.05) is 27.2 Å². The fraction of sp³-hybridized carbons (Fsp3) is 0.933. The first kappa shape index (κ1) is 17.4. The lowest BCUT2D eigenvalue weighted by molar-refractivity contribution is -0.894. The van der Waals surface area contributed by atoms with Gasteiger partial charge < -0.3 is 14.4 Å². The number of nitrogens with zero attached hydrogens (tertiary/aromatic N) is 1. The Morgan fingerprint density at radius 3 is 1.83 bits per heavy atom. The van der Waals surface area contributed by atoms with Gasteiger partial charge >= 0.3 is 0 Å². The van der Waals surface area contributed by atoms with Gasteiger partial charge in [-0.1, -0.05) is 41.5 Å². The quantitative estimate of drug-likeness (QED) is 0.706. The highest BCUT2D eigenvalue weighted by atomic mass is 16.4. The van der Waals surface area contributed by atoms with Crippen LogP contribution in [0.25, 0.3) is 0 Å². The van der Waals surface area contributed by atoms with Crippen LogP contribution in [0.4, 0.5) is 0 Å². The number of carboxylic acids is 1. The van der Waals surface area contributed by atoms with Crippen molar-refractivity contribution in [3.63, 3.8) is 0 Å². The molecule has 0 saturated carbocycles. The monoisotopic (exact) mass is 257 g/mol. The van der Waals surface area contributed by atoms with Crippen LogP contribution in [0.1, 0.15) is 48.0 Å². The number of rotatable bonds is 5. The minimum atomic E-state index is -0.926. The molecule has 0 saturated heterocycles. The number of carbonyl (C=O) groups is 1. The van der Waals surface area contributed by atoms with Gasteiger partial charge in [-0.2, -0.15) is 0 Å². The van der Waals surface area contributed by atoms with Gasteiger partial charge in [-0.25, -0.2) is 0 Å². The summed E-state index contributed by atoms with van der Waals surface area (Å²) in [5.74, 6) is -1.34. The topological polar surface area (TPSA) is 40.1 Å². The second-order valence-corrected chi connectivity index (χ2v) is 8.39. The van der Waals surface area contributed by atoms with Gasteiger partial charge in [0.2, 0.25) is 0 Å². The molecule has 0 aromatic rings. The lowest BCUT2D eigenvalue weighted by Crippen LogP contribution is -2.52. The van der Waals surface area contributed by atoms with Crippen LogP contribution in [0.2, 0.25) is 0 Å². The van der Waals surface area contributed by atoms with Gasteiger partial charge in [0.15, 0.2) is 0 Å². The van der Waals surface area contributed by atoms with Gasteiger partial charge in [0, 0.05) is 6.42 Å². The maximum absolute atomic E-state index is 11.3. The molecule has 0 radical (unpaired) electrons. The van der Waals surface area contributed by atoms with E-state index in [-0.39, 0.29) is 10.8 Å². The summed E-state index contributed by atoms with van der Waals surface area (Å²) in [5.41, 5.74) is 0.0321. The number of quaternary nitrogens is 1. The average Bonchev–Trinajstić information content (AvgIpc) is 2.08. The number of aliphatic carboxylic acids is 1. The molecule has 0 aliphatic rings. The minimum absolute atomic E-state index is 0.254. The summed E-state index contributed by atoms with van der Waals surface area (Å²) in [6, 6.07) is 0. The summed E-state index contributed by atoms with van der Waals surface area (Å²) in [7, 11) is 4.21. The fourth-order valence-electron chi connectivity index (χ4n) is 1.93. The summed E-state index contributed by atoms with van der Waals surface area (Å²) in [5, 5.41) is 11.3. The summed E-state index contributed by atoms with van der Waals surface area (Å²) in [4.78, 5) is 11.3. The third-order valence-electron chi connectivity index (χ3n) is 3.47. The van der Waals surface area contributed by atoms with Crippen molar-refractivity contribution >= 4 is 5.97 Å². The van der Waals surface area contributed by atoms with Gasteiger partial charge in [-0.15, -0.1) is 0 Å². The van der Waals surface area contributed by atoms with Crippen LogP contribution < -0.4 is 5.11 Å². The molecule has 0 rings (SSSR count). The molecule has 0 spiro atoms. The van der Waals surface area contributed by atoms with Crippen molar-refractivity contribution in [1.29, 1.82) is 0 Å². The fourth-order valence-corrected chi connectivity index (χ4v) is 1.93. The Labute approximate surface area is 113 Å². The van der Waals surface area contributed by atoms with Gasteiger partial charge in [0.25, 0.3) is 0 Å². The lowest BCUT2D eigenvalue weighted by Gasteiger charge is -2.40. The van der Waals surface area contributed by atoms with Crippen LogP contribution in [-0.2, 0) is 4.79 Å². The van der Waals surface area contributed by atoms with Crippen LogP contribution in [0, 0.1) is 16.7 Å². The highest BCUT2D eigenvalue weighted by Gasteiger charge is 2.33. The normalized spacial score (nSPS) is 15.6. The Balaban J connectivity index is 4.67. The second-order valence-electron chi connectivity index (χ2n) is 8.39. The molecule has 0 amide bonds. The van der Waals surface area contributed by atoms with Crippen LogP contribution in [0.3, 0.4) is 0 Å². The summed E-state index contributed by atoms with van der Waals surface area (Å²) < 4.78 is 0.729. The highest BCUT2D eigenvalue weighted by molar-refractivity contribution is 5.68. The van der Waals surface area contributed by atoms with Crippen molar-refractivity contribution in [1.82, 2.24) is 0 Å². The van der Waals surface area contributed by atoms with E-state index < -0.39 is 11.9 Å². The Hall–Kier alpha value is -0.570. The predicted octanol–water partition coefficient (Wildman–Crippen LogP) is 1.91. The third-order valence-corrected chi connectivity index (χ3v) is 3.47. The molecule has 0 aromatic carbocycles. The summed E-state index contributed by atoms with van der Waals surface area (Å²) in [6.07, 6.45) is 1.09. The van der Waals surface area contributed by atoms with E-state index in [0.29, 0.717) is 6.54 Å². The zero-order valence-corrected chi connectivity index (χ0v) is 13.5. The molecule has 1 atom stereocenters. The van der Waals surface area contributed by atoms with Gasteiger partial charge in [0.05, 0.1) is 39.1 Å². The standard InChI is InChI=1S/C15H31NO2/c1-14(2,3)9-10-16(7,8)11-12(13(17)18)15(4,5)6/h12H,9-11H2,1-8H3. The van der Waals surface area contributed by atoms with E-state index >= 15 is 0 Å². The van der Waals surface area contributed by atoms with Crippen molar-refractivity contribution in [2.45, 2.75) is 48.0 Å². The van der Waals surface area contributed by atoms with E-state index in [4.69, 9.17) is 0 Å². The second kappa shape index (κ2) is 5.60. The molecule has 0 heterocycles. The van der Waals surface area contributed by atoms with E-state index in [1.165, 1.54) is 0 Å². The Bertz CT molecular complexity index is 282. The SMILES string of the molecule is CC(C)(C)CC[N+](C)(C)CC(C(=O)[O-])C(C)(C)C. The van der Waals surface area contributed by atoms with Gasteiger partial charge in [-0.05, 0) is 10.8 Å². The Morgan fingerprint density at radius 2 is 1.56 bits per heavy atom. The van der Waals surface area contributed by atoms with E-state index in [1.807, 2.05) is 20.8 Å². The van der Waals surface area contributed by atoms with Crippen molar-refractivity contribution in [2.24, 2.45) is 16.7 Å². The number of carbonyl (C=O) groups excluding carboxylic acids is 1. The zero-order chi connectivity index (χ0) is 14.8. The molecule has 0 aromatic heterocycles. The van der Waals surface area contributed by atoms with Crippen molar-refractivity contribution in [3.05, 3.63) is 0 Å².